The van der Waals surface area contributed by atoms with Crippen molar-refractivity contribution in [2.24, 2.45) is 0 Å². The number of nitro benzene ring substituents is 1. The maximum atomic E-state index is 12.1. The van der Waals surface area contributed by atoms with Crippen LogP contribution in [0.25, 0.3) is 0 Å². The first-order valence-electron chi connectivity index (χ1n) is 6.43. The Morgan fingerprint density at radius 2 is 1.87 bits per heavy atom. The Labute approximate surface area is 142 Å². The molecule has 2 rings (SSSR count). The van der Waals surface area contributed by atoms with Gasteiger partial charge in [-0.15, -0.1) is 0 Å². The predicted molar refractivity (Wildman–Crippen MR) is 87.6 cm³/mol. The number of nitro groups is 1. The predicted octanol–water partition coefficient (Wildman–Crippen LogP) is 4.40. The van der Waals surface area contributed by atoms with Crippen LogP contribution >= 0.6 is 23.2 Å². The maximum Gasteiger partial charge on any atom is 0.324 e. The SMILES string of the molecule is CN(C)C(=O)c1cccc(Oc2ccc(Cl)cc2Cl)c1[N+](=O)[O-]. The summed E-state index contributed by atoms with van der Waals surface area (Å²) < 4.78 is 5.52. The number of carbonyl (C=O) groups excluding carboxylic acids is 1. The summed E-state index contributed by atoms with van der Waals surface area (Å²) in [6.07, 6.45) is 0. The molecule has 0 bridgehead atoms. The minimum absolute atomic E-state index is 0.0671. The molecule has 6 nitrogen and oxygen atoms in total. The van der Waals surface area contributed by atoms with Crippen LogP contribution in [0.4, 0.5) is 5.69 Å². The van der Waals surface area contributed by atoms with E-state index in [4.69, 9.17) is 27.9 Å². The maximum absolute atomic E-state index is 12.1. The van der Waals surface area contributed by atoms with Crippen LogP contribution in [0.3, 0.4) is 0 Å². The zero-order chi connectivity index (χ0) is 17.1. The van der Waals surface area contributed by atoms with E-state index in [2.05, 4.69) is 0 Å². The van der Waals surface area contributed by atoms with Crippen LogP contribution < -0.4 is 4.74 Å². The van der Waals surface area contributed by atoms with Crippen molar-refractivity contribution in [2.45, 2.75) is 0 Å². The van der Waals surface area contributed by atoms with E-state index in [0.717, 1.165) is 0 Å². The summed E-state index contributed by atoms with van der Waals surface area (Å²) in [4.78, 5) is 24.1. The van der Waals surface area contributed by atoms with Gasteiger partial charge in [-0.05, 0) is 30.3 Å². The molecule has 0 fully saturated rings. The molecule has 0 aliphatic heterocycles. The zero-order valence-corrected chi connectivity index (χ0v) is 13.8. The van der Waals surface area contributed by atoms with Gasteiger partial charge in [0.1, 0.15) is 11.3 Å². The summed E-state index contributed by atoms with van der Waals surface area (Å²) in [6, 6.07) is 8.77. The Balaban J connectivity index is 2.52. The van der Waals surface area contributed by atoms with Crippen LogP contribution in [0.1, 0.15) is 10.4 Å². The Bertz CT molecular complexity index is 778. The number of rotatable bonds is 4. The quantitative estimate of drug-likeness (QED) is 0.602. The van der Waals surface area contributed by atoms with Gasteiger partial charge in [0.2, 0.25) is 5.75 Å². The highest BCUT2D eigenvalue weighted by Gasteiger charge is 2.27. The molecule has 0 atom stereocenters. The van der Waals surface area contributed by atoms with E-state index in [0.29, 0.717) is 5.02 Å². The fraction of sp³-hybridized carbons (Fsp3) is 0.133. The fourth-order valence-electron chi connectivity index (χ4n) is 1.88. The number of amides is 1. The molecule has 0 saturated carbocycles. The molecule has 0 unspecified atom stereocenters. The van der Waals surface area contributed by atoms with E-state index in [9.17, 15) is 14.9 Å². The number of benzene rings is 2. The molecule has 0 heterocycles. The summed E-state index contributed by atoms with van der Waals surface area (Å²) in [5.41, 5.74) is -0.486. The Kier molecular flexibility index (Phi) is 5.08. The average molecular weight is 355 g/mol. The van der Waals surface area contributed by atoms with Crippen LogP contribution in [0, 0.1) is 10.1 Å². The number of hydrogen-bond acceptors (Lipinski definition) is 4. The van der Waals surface area contributed by atoms with Crippen molar-refractivity contribution < 1.29 is 14.5 Å². The molecule has 8 heteroatoms. The Morgan fingerprint density at radius 3 is 2.43 bits per heavy atom. The van der Waals surface area contributed by atoms with Gasteiger partial charge >= 0.3 is 5.69 Å². The lowest BCUT2D eigenvalue weighted by Crippen LogP contribution is -2.22. The highest BCUT2D eigenvalue weighted by molar-refractivity contribution is 6.35. The van der Waals surface area contributed by atoms with Gasteiger partial charge in [-0.3, -0.25) is 14.9 Å². The van der Waals surface area contributed by atoms with E-state index < -0.39 is 16.5 Å². The van der Waals surface area contributed by atoms with E-state index in [-0.39, 0.29) is 22.1 Å². The van der Waals surface area contributed by atoms with E-state index >= 15 is 0 Å². The van der Waals surface area contributed by atoms with Gasteiger partial charge in [-0.1, -0.05) is 29.3 Å². The molecule has 0 aromatic heterocycles. The van der Waals surface area contributed by atoms with Gasteiger partial charge in [0, 0.05) is 19.1 Å². The molecular weight excluding hydrogens is 343 g/mol. The molecule has 0 radical (unpaired) electrons. The molecule has 0 saturated heterocycles. The smallest absolute Gasteiger partial charge is 0.324 e. The number of ether oxygens (including phenoxy) is 1. The minimum Gasteiger partial charge on any atom is -0.449 e. The lowest BCUT2D eigenvalue weighted by Gasteiger charge is -2.13. The second-order valence-corrected chi connectivity index (χ2v) is 5.63. The van der Waals surface area contributed by atoms with E-state index in [1.807, 2.05) is 0 Å². The largest absolute Gasteiger partial charge is 0.449 e. The van der Waals surface area contributed by atoms with Gasteiger partial charge in [0.05, 0.1) is 9.95 Å². The number of para-hydroxylation sites is 1. The molecule has 1 amide bonds. The van der Waals surface area contributed by atoms with Gasteiger partial charge in [-0.25, -0.2) is 0 Å². The second-order valence-electron chi connectivity index (χ2n) is 4.79. The minimum atomic E-state index is -0.657. The van der Waals surface area contributed by atoms with Crippen molar-refractivity contribution in [1.29, 1.82) is 0 Å². The Morgan fingerprint density at radius 1 is 1.17 bits per heavy atom. The highest BCUT2D eigenvalue weighted by Crippen LogP contribution is 2.38. The number of carbonyl (C=O) groups is 1. The third-order valence-electron chi connectivity index (χ3n) is 2.93. The molecule has 2 aromatic rings. The monoisotopic (exact) mass is 354 g/mol. The summed E-state index contributed by atoms with van der Waals surface area (Å²) in [7, 11) is 3.02. The first-order valence-corrected chi connectivity index (χ1v) is 7.19. The first-order chi connectivity index (χ1) is 10.8. The topological polar surface area (TPSA) is 72.7 Å². The number of nitrogens with zero attached hydrogens (tertiary/aromatic N) is 2. The molecule has 2 aromatic carbocycles. The van der Waals surface area contributed by atoms with Crippen LogP contribution in [-0.2, 0) is 0 Å². The van der Waals surface area contributed by atoms with Crippen molar-refractivity contribution >= 4 is 34.8 Å². The summed E-state index contributed by atoms with van der Waals surface area (Å²) in [6.45, 7) is 0. The lowest BCUT2D eigenvalue weighted by atomic mass is 10.1. The molecule has 0 aliphatic rings. The second kappa shape index (κ2) is 6.85. The first kappa shape index (κ1) is 17.1. The zero-order valence-electron chi connectivity index (χ0n) is 12.2. The van der Waals surface area contributed by atoms with Gasteiger partial charge in [0.15, 0.2) is 0 Å². The van der Waals surface area contributed by atoms with Crippen molar-refractivity contribution in [3.05, 3.63) is 62.1 Å². The summed E-state index contributed by atoms with van der Waals surface area (Å²) >= 11 is 11.8. The van der Waals surface area contributed by atoms with Gasteiger partial charge in [0.25, 0.3) is 5.91 Å². The fourth-order valence-corrected chi connectivity index (χ4v) is 2.33. The number of halogens is 2. The van der Waals surface area contributed by atoms with Crippen LogP contribution in [0.15, 0.2) is 36.4 Å². The summed E-state index contributed by atoms with van der Waals surface area (Å²) in [5, 5.41) is 12.0. The average Bonchev–Trinajstić information content (AvgIpc) is 2.48. The van der Waals surface area contributed by atoms with Crippen molar-refractivity contribution in [3.63, 3.8) is 0 Å². The molecule has 120 valence electrons. The van der Waals surface area contributed by atoms with Crippen LogP contribution in [0.5, 0.6) is 11.5 Å². The third kappa shape index (κ3) is 3.72. The lowest BCUT2D eigenvalue weighted by molar-refractivity contribution is -0.385. The molecule has 0 N–H and O–H groups in total. The summed E-state index contributed by atoms with van der Waals surface area (Å²) in [5.74, 6) is -0.370. The standard InChI is InChI=1S/C15H12Cl2N2O4/c1-18(2)15(20)10-4-3-5-13(14(10)19(21)22)23-12-7-6-9(16)8-11(12)17/h3-8H,1-2H3. The normalized spacial score (nSPS) is 10.3. The van der Waals surface area contributed by atoms with Crippen molar-refractivity contribution in [2.75, 3.05) is 14.1 Å². The molecular formula is C15H12Cl2N2O4. The van der Waals surface area contributed by atoms with E-state index in [1.54, 1.807) is 6.07 Å². The van der Waals surface area contributed by atoms with Crippen molar-refractivity contribution in [1.82, 2.24) is 4.90 Å². The van der Waals surface area contributed by atoms with Crippen LogP contribution in [-0.4, -0.2) is 29.8 Å². The molecule has 23 heavy (non-hydrogen) atoms. The third-order valence-corrected chi connectivity index (χ3v) is 3.46. The van der Waals surface area contributed by atoms with Gasteiger partial charge < -0.3 is 9.64 Å². The molecule has 0 spiro atoms. The van der Waals surface area contributed by atoms with Crippen molar-refractivity contribution in [3.8, 4) is 11.5 Å². The van der Waals surface area contributed by atoms with E-state index in [1.165, 1.54) is 49.3 Å². The van der Waals surface area contributed by atoms with Gasteiger partial charge in [-0.2, -0.15) is 0 Å². The molecule has 0 aliphatic carbocycles. The van der Waals surface area contributed by atoms with Crippen LogP contribution in [0.2, 0.25) is 10.0 Å². The highest BCUT2D eigenvalue weighted by atomic mass is 35.5. The number of hydrogen-bond donors (Lipinski definition) is 0. The Hall–Kier alpha value is -2.31.